The summed E-state index contributed by atoms with van der Waals surface area (Å²) >= 11 is 0. The van der Waals surface area contributed by atoms with Gasteiger partial charge in [0.25, 0.3) is 11.8 Å². The van der Waals surface area contributed by atoms with Gasteiger partial charge in [0.05, 0.1) is 23.9 Å². The Morgan fingerprint density at radius 3 is 2.24 bits per heavy atom. The summed E-state index contributed by atoms with van der Waals surface area (Å²) < 4.78 is 0. The number of rotatable bonds is 3. The lowest BCUT2D eigenvalue weighted by molar-refractivity contribution is 0.0711. The molecule has 0 saturated heterocycles. The molecule has 5 nitrogen and oxygen atoms in total. The fourth-order valence-electron chi connectivity index (χ4n) is 1.71. The molecule has 88 valence electrons. The zero-order valence-corrected chi connectivity index (χ0v) is 9.56. The maximum Gasteiger partial charge on any atom is 0.265 e. The third-order valence-corrected chi connectivity index (χ3v) is 2.41. The minimum atomic E-state index is -0.317. The zero-order valence-electron chi connectivity index (χ0n) is 9.56. The van der Waals surface area contributed by atoms with Crippen LogP contribution in [0, 0.1) is 0 Å². The summed E-state index contributed by atoms with van der Waals surface area (Å²) in [5.41, 5.74) is 3.99. The standard InChI is InChI=1S/C12H12N2O3/c1-8(13-17-2)7-14-11(15)9-5-3-4-6-10(9)12(14)16/h3-7,13H,1-2H3. The van der Waals surface area contributed by atoms with Crippen molar-refractivity contribution in [3.8, 4) is 0 Å². The molecule has 2 amide bonds. The van der Waals surface area contributed by atoms with Gasteiger partial charge in [-0.05, 0) is 19.1 Å². The number of benzene rings is 1. The lowest BCUT2D eigenvalue weighted by Gasteiger charge is -2.10. The summed E-state index contributed by atoms with van der Waals surface area (Å²) in [5, 5.41) is 0. The quantitative estimate of drug-likeness (QED) is 0.630. The Morgan fingerprint density at radius 1 is 1.24 bits per heavy atom. The summed E-state index contributed by atoms with van der Waals surface area (Å²) in [6.07, 6.45) is 1.42. The van der Waals surface area contributed by atoms with E-state index >= 15 is 0 Å². The number of nitrogens with one attached hydrogen (secondary N) is 1. The number of carbonyl (C=O) groups excluding carboxylic acids is 2. The van der Waals surface area contributed by atoms with Crippen LogP contribution in [0.1, 0.15) is 27.6 Å². The summed E-state index contributed by atoms with van der Waals surface area (Å²) in [6.45, 7) is 1.70. The Morgan fingerprint density at radius 2 is 1.76 bits per heavy atom. The summed E-state index contributed by atoms with van der Waals surface area (Å²) in [4.78, 5) is 29.6. The molecule has 0 saturated carbocycles. The molecule has 1 N–H and O–H groups in total. The van der Waals surface area contributed by atoms with Crippen LogP contribution in [0.25, 0.3) is 0 Å². The van der Waals surface area contributed by atoms with E-state index in [1.165, 1.54) is 13.3 Å². The second kappa shape index (κ2) is 4.39. The molecule has 2 rings (SSSR count). The van der Waals surface area contributed by atoms with Crippen molar-refractivity contribution in [2.75, 3.05) is 7.11 Å². The Labute approximate surface area is 98.6 Å². The first kappa shape index (κ1) is 11.3. The van der Waals surface area contributed by atoms with E-state index in [1.807, 2.05) is 0 Å². The van der Waals surface area contributed by atoms with Gasteiger partial charge in [-0.15, -0.1) is 0 Å². The van der Waals surface area contributed by atoms with Crippen molar-refractivity contribution in [2.45, 2.75) is 6.92 Å². The molecule has 0 unspecified atom stereocenters. The van der Waals surface area contributed by atoms with Gasteiger partial charge in [0.1, 0.15) is 0 Å². The number of nitrogens with zero attached hydrogens (tertiary/aromatic N) is 1. The van der Waals surface area contributed by atoms with Crippen LogP contribution in [0.15, 0.2) is 36.2 Å². The molecule has 1 aliphatic heterocycles. The fraction of sp³-hybridized carbons (Fsp3) is 0.167. The molecule has 17 heavy (non-hydrogen) atoms. The van der Waals surface area contributed by atoms with E-state index in [4.69, 9.17) is 4.84 Å². The van der Waals surface area contributed by atoms with E-state index in [-0.39, 0.29) is 11.8 Å². The summed E-state index contributed by atoms with van der Waals surface area (Å²) in [7, 11) is 1.46. The van der Waals surface area contributed by atoms with Crippen LogP contribution in [0.4, 0.5) is 0 Å². The molecular weight excluding hydrogens is 220 g/mol. The topological polar surface area (TPSA) is 58.6 Å². The molecule has 1 heterocycles. The van der Waals surface area contributed by atoms with Gasteiger partial charge in [-0.1, -0.05) is 12.1 Å². The number of imide groups is 1. The second-order valence-electron chi connectivity index (χ2n) is 3.64. The van der Waals surface area contributed by atoms with Gasteiger partial charge in [0.15, 0.2) is 0 Å². The molecule has 0 radical (unpaired) electrons. The molecule has 0 fully saturated rings. The van der Waals surface area contributed by atoms with E-state index in [1.54, 1.807) is 31.2 Å². The Bertz CT molecular complexity index is 473. The van der Waals surface area contributed by atoms with Crippen LogP contribution in [-0.4, -0.2) is 23.8 Å². The fourth-order valence-corrected chi connectivity index (χ4v) is 1.71. The van der Waals surface area contributed by atoms with Gasteiger partial charge in [-0.2, -0.15) is 0 Å². The molecule has 0 spiro atoms. The van der Waals surface area contributed by atoms with Gasteiger partial charge in [0.2, 0.25) is 0 Å². The number of hydrogen-bond donors (Lipinski definition) is 1. The number of carbonyl (C=O) groups is 2. The number of hydroxylamine groups is 1. The first-order valence-electron chi connectivity index (χ1n) is 5.09. The van der Waals surface area contributed by atoms with Crippen molar-refractivity contribution in [2.24, 2.45) is 0 Å². The van der Waals surface area contributed by atoms with Gasteiger partial charge < -0.3 is 0 Å². The summed E-state index contributed by atoms with van der Waals surface area (Å²) in [6, 6.07) is 6.75. The summed E-state index contributed by atoms with van der Waals surface area (Å²) in [5.74, 6) is -0.634. The number of hydrogen-bond acceptors (Lipinski definition) is 4. The van der Waals surface area contributed by atoms with E-state index < -0.39 is 0 Å². The Balaban J connectivity index is 2.33. The number of allylic oxidation sites excluding steroid dienone is 1. The van der Waals surface area contributed by atoms with Gasteiger partial charge in [-0.25, -0.2) is 4.90 Å². The lowest BCUT2D eigenvalue weighted by Crippen LogP contribution is -2.25. The van der Waals surface area contributed by atoms with Crippen molar-refractivity contribution in [3.05, 3.63) is 47.3 Å². The van der Waals surface area contributed by atoms with Gasteiger partial charge >= 0.3 is 0 Å². The predicted molar refractivity (Wildman–Crippen MR) is 60.8 cm³/mol. The second-order valence-corrected chi connectivity index (χ2v) is 3.64. The highest BCUT2D eigenvalue weighted by Gasteiger charge is 2.33. The molecular formula is C12H12N2O3. The molecule has 0 bridgehead atoms. The lowest BCUT2D eigenvalue weighted by atomic mass is 10.1. The average molecular weight is 232 g/mol. The van der Waals surface area contributed by atoms with Crippen LogP contribution in [-0.2, 0) is 4.84 Å². The number of amides is 2. The third-order valence-electron chi connectivity index (χ3n) is 2.41. The van der Waals surface area contributed by atoms with Gasteiger partial charge in [0, 0.05) is 6.20 Å². The van der Waals surface area contributed by atoms with Crippen molar-refractivity contribution in [1.82, 2.24) is 10.4 Å². The molecule has 0 aliphatic carbocycles. The Kier molecular flexibility index (Phi) is 2.93. The van der Waals surface area contributed by atoms with Crippen LogP contribution in [0.2, 0.25) is 0 Å². The Hall–Kier alpha value is -2.14. The number of fused-ring (bicyclic) bond motifs is 1. The van der Waals surface area contributed by atoms with Crippen LogP contribution in [0.5, 0.6) is 0 Å². The predicted octanol–water partition coefficient (Wildman–Crippen LogP) is 1.29. The highest BCUT2D eigenvalue weighted by Crippen LogP contribution is 2.22. The minimum Gasteiger partial charge on any atom is -0.280 e. The normalized spacial score (nSPS) is 15.2. The maximum atomic E-state index is 11.9. The maximum absolute atomic E-state index is 11.9. The highest BCUT2D eigenvalue weighted by atomic mass is 16.6. The molecule has 1 aromatic rings. The molecule has 5 heteroatoms. The van der Waals surface area contributed by atoms with E-state index in [0.29, 0.717) is 16.8 Å². The molecule has 1 aromatic carbocycles. The van der Waals surface area contributed by atoms with Crippen molar-refractivity contribution in [3.63, 3.8) is 0 Å². The molecule has 0 atom stereocenters. The zero-order chi connectivity index (χ0) is 12.4. The van der Waals surface area contributed by atoms with E-state index in [0.717, 1.165) is 4.90 Å². The first-order chi connectivity index (χ1) is 8.15. The van der Waals surface area contributed by atoms with Crippen molar-refractivity contribution in [1.29, 1.82) is 0 Å². The van der Waals surface area contributed by atoms with Gasteiger partial charge in [-0.3, -0.25) is 19.9 Å². The van der Waals surface area contributed by atoms with E-state index in [9.17, 15) is 9.59 Å². The van der Waals surface area contributed by atoms with Crippen LogP contribution < -0.4 is 5.48 Å². The highest BCUT2D eigenvalue weighted by molar-refractivity contribution is 6.22. The molecule has 1 aliphatic rings. The minimum absolute atomic E-state index is 0.317. The van der Waals surface area contributed by atoms with E-state index in [2.05, 4.69) is 5.48 Å². The monoisotopic (exact) mass is 232 g/mol. The largest absolute Gasteiger partial charge is 0.280 e. The average Bonchev–Trinajstić information content (AvgIpc) is 2.56. The van der Waals surface area contributed by atoms with Crippen LogP contribution in [0.3, 0.4) is 0 Å². The smallest absolute Gasteiger partial charge is 0.265 e. The third kappa shape index (κ3) is 1.92. The van der Waals surface area contributed by atoms with Crippen molar-refractivity contribution >= 4 is 11.8 Å². The first-order valence-corrected chi connectivity index (χ1v) is 5.09. The molecule has 0 aromatic heterocycles. The van der Waals surface area contributed by atoms with Crippen LogP contribution >= 0.6 is 0 Å². The SMILES string of the molecule is CONC(C)=CN1C(=O)c2ccccc2C1=O. The van der Waals surface area contributed by atoms with Crippen molar-refractivity contribution < 1.29 is 14.4 Å².